The summed E-state index contributed by atoms with van der Waals surface area (Å²) in [5.41, 5.74) is 6.69. The molecule has 0 aliphatic heterocycles. The quantitative estimate of drug-likeness (QED) is 0.771. The van der Waals surface area contributed by atoms with E-state index in [2.05, 4.69) is 0 Å². The monoisotopic (exact) mass is 226 g/mol. The maximum Gasteiger partial charge on any atom is 0.239 e. The number of carbonyl (C=O) groups is 1. The zero-order valence-electron chi connectivity index (χ0n) is 9.68. The van der Waals surface area contributed by atoms with Crippen molar-refractivity contribution in [1.82, 2.24) is 4.90 Å². The van der Waals surface area contributed by atoms with Gasteiger partial charge in [0, 0.05) is 32.9 Å². The molecule has 16 heavy (non-hydrogen) atoms. The van der Waals surface area contributed by atoms with Crippen molar-refractivity contribution in [3.8, 4) is 0 Å². The van der Waals surface area contributed by atoms with Gasteiger partial charge in [-0.2, -0.15) is 0 Å². The molecule has 0 aromatic carbocycles. The third-order valence-electron chi connectivity index (χ3n) is 2.33. The highest BCUT2D eigenvalue weighted by atomic mass is 16.5. The van der Waals surface area contributed by atoms with Crippen molar-refractivity contribution in [2.45, 2.75) is 19.0 Å². The van der Waals surface area contributed by atoms with Crippen LogP contribution in [0, 0.1) is 0 Å². The Morgan fingerprint density at radius 1 is 1.69 bits per heavy atom. The molecular weight excluding hydrogens is 208 g/mol. The molecule has 1 aromatic rings. The Morgan fingerprint density at radius 3 is 3.00 bits per heavy atom. The van der Waals surface area contributed by atoms with E-state index in [1.54, 1.807) is 31.6 Å². The lowest BCUT2D eigenvalue weighted by atomic mass is 10.2. The SMILES string of the molecule is COCCC(N)C(=O)N(C)Cc1ccoc1. The molecule has 2 N–H and O–H groups in total. The number of nitrogens with two attached hydrogens (primary N) is 1. The lowest BCUT2D eigenvalue weighted by Crippen LogP contribution is -2.41. The fraction of sp³-hybridized carbons (Fsp3) is 0.545. The lowest BCUT2D eigenvalue weighted by Gasteiger charge is -2.20. The van der Waals surface area contributed by atoms with Crippen LogP contribution < -0.4 is 5.73 Å². The zero-order chi connectivity index (χ0) is 12.0. The summed E-state index contributed by atoms with van der Waals surface area (Å²) in [7, 11) is 3.31. The van der Waals surface area contributed by atoms with E-state index in [1.807, 2.05) is 6.07 Å². The van der Waals surface area contributed by atoms with Gasteiger partial charge in [0.2, 0.25) is 5.91 Å². The molecule has 0 bridgehead atoms. The summed E-state index contributed by atoms with van der Waals surface area (Å²) in [5.74, 6) is -0.0850. The summed E-state index contributed by atoms with van der Waals surface area (Å²) < 4.78 is 9.81. The lowest BCUT2D eigenvalue weighted by molar-refractivity contribution is -0.132. The molecule has 0 aliphatic carbocycles. The summed E-state index contributed by atoms with van der Waals surface area (Å²) in [4.78, 5) is 13.4. The minimum atomic E-state index is -0.503. The minimum Gasteiger partial charge on any atom is -0.472 e. The number of hydrogen-bond acceptors (Lipinski definition) is 4. The molecule has 0 saturated carbocycles. The second-order valence-corrected chi connectivity index (χ2v) is 3.71. The minimum absolute atomic E-state index is 0.0850. The van der Waals surface area contributed by atoms with E-state index in [9.17, 15) is 4.79 Å². The van der Waals surface area contributed by atoms with Crippen molar-refractivity contribution < 1.29 is 13.9 Å². The topological polar surface area (TPSA) is 68.7 Å². The van der Waals surface area contributed by atoms with Gasteiger partial charge >= 0.3 is 0 Å². The van der Waals surface area contributed by atoms with Crippen LogP contribution in [0.5, 0.6) is 0 Å². The summed E-state index contributed by atoms with van der Waals surface area (Å²) >= 11 is 0. The first-order chi connectivity index (χ1) is 7.65. The molecular formula is C11H18N2O3. The van der Waals surface area contributed by atoms with Crippen molar-refractivity contribution in [3.63, 3.8) is 0 Å². The van der Waals surface area contributed by atoms with Gasteiger partial charge in [-0.15, -0.1) is 0 Å². The van der Waals surface area contributed by atoms with Crippen LogP contribution in [0.15, 0.2) is 23.0 Å². The maximum atomic E-state index is 11.8. The Bertz CT molecular complexity index is 311. The maximum absolute atomic E-state index is 11.8. The van der Waals surface area contributed by atoms with E-state index in [0.717, 1.165) is 5.56 Å². The van der Waals surface area contributed by atoms with Crippen molar-refractivity contribution in [3.05, 3.63) is 24.2 Å². The number of rotatable bonds is 6. The number of methoxy groups -OCH3 is 1. The van der Waals surface area contributed by atoms with Crippen LogP contribution in [-0.4, -0.2) is 37.6 Å². The van der Waals surface area contributed by atoms with Crippen molar-refractivity contribution in [2.24, 2.45) is 5.73 Å². The Balaban J connectivity index is 2.41. The number of carbonyl (C=O) groups excluding carboxylic acids is 1. The van der Waals surface area contributed by atoms with Crippen LogP contribution in [0.1, 0.15) is 12.0 Å². The molecule has 90 valence electrons. The van der Waals surface area contributed by atoms with Gasteiger partial charge in [0.1, 0.15) is 0 Å². The summed E-state index contributed by atoms with van der Waals surface area (Å²) in [6.07, 6.45) is 3.73. The fourth-order valence-electron chi connectivity index (χ4n) is 1.39. The second kappa shape index (κ2) is 6.30. The first kappa shape index (κ1) is 12.7. The molecule has 5 nitrogen and oxygen atoms in total. The van der Waals surface area contributed by atoms with Gasteiger partial charge in [-0.25, -0.2) is 0 Å². The Labute approximate surface area is 95.2 Å². The summed E-state index contributed by atoms with van der Waals surface area (Å²) in [5, 5.41) is 0. The van der Waals surface area contributed by atoms with Gasteiger partial charge in [-0.3, -0.25) is 4.79 Å². The smallest absolute Gasteiger partial charge is 0.239 e. The molecule has 0 spiro atoms. The summed E-state index contributed by atoms with van der Waals surface area (Å²) in [6.45, 7) is 1.00. The van der Waals surface area contributed by atoms with Crippen molar-refractivity contribution >= 4 is 5.91 Å². The number of ether oxygens (including phenoxy) is 1. The van der Waals surface area contributed by atoms with Gasteiger partial charge < -0.3 is 19.8 Å². The Hall–Kier alpha value is -1.33. The molecule has 0 fully saturated rings. The number of furan rings is 1. The highest BCUT2D eigenvalue weighted by molar-refractivity contribution is 5.81. The third-order valence-corrected chi connectivity index (χ3v) is 2.33. The average molecular weight is 226 g/mol. The van der Waals surface area contributed by atoms with E-state index in [0.29, 0.717) is 19.6 Å². The van der Waals surface area contributed by atoms with Crippen LogP contribution in [-0.2, 0) is 16.1 Å². The third kappa shape index (κ3) is 3.67. The normalized spacial score (nSPS) is 12.4. The van der Waals surface area contributed by atoms with E-state index >= 15 is 0 Å². The largest absolute Gasteiger partial charge is 0.472 e. The first-order valence-corrected chi connectivity index (χ1v) is 5.15. The number of nitrogens with zero attached hydrogens (tertiary/aromatic N) is 1. The van der Waals surface area contributed by atoms with Gasteiger partial charge in [0.05, 0.1) is 18.6 Å². The van der Waals surface area contributed by atoms with Crippen LogP contribution in [0.2, 0.25) is 0 Å². The van der Waals surface area contributed by atoms with Gasteiger partial charge in [0.25, 0.3) is 0 Å². The fourth-order valence-corrected chi connectivity index (χ4v) is 1.39. The average Bonchev–Trinajstić information content (AvgIpc) is 2.77. The molecule has 1 aromatic heterocycles. The van der Waals surface area contributed by atoms with Crippen LogP contribution >= 0.6 is 0 Å². The van der Waals surface area contributed by atoms with Crippen LogP contribution in [0.3, 0.4) is 0 Å². The van der Waals surface area contributed by atoms with E-state index in [-0.39, 0.29) is 5.91 Å². The standard InChI is InChI=1S/C11H18N2O3/c1-13(7-9-3-6-16-8-9)11(14)10(12)4-5-15-2/h3,6,8,10H,4-5,7,12H2,1-2H3. The van der Waals surface area contributed by atoms with Crippen molar-refractivity contribution in [2.75, 3.05) is 20.8 Å². The number of hydrogen-bond donors (Lipinski definition) is 1. The Morgan fingerprint density at radius 2 is 2.44 bits per heavy atom. The molecule has 1 amide bonds. The predicted molar refractivity (Wildman–Crippen MR) is 59.7 cm³/mol. The van der Waals surface area contributed by atoms with Gasteiger partial charge in [-0.1, -0.05) is 0 Å². The second-order valence-electron chi connectivity index (χ2n) is 3.71. The number of amides is 1. The predicted octanol–water partition coefficient (Wildman–Crippen LogP) is 0.602. The first-order valence-electron chi connectivity index (χ1n) is 5.15. The molecule has 1 rings (SSSR count). The molecule has 1 unspecified atom stereocenters. The van der Waals surface area contributed by atoms with E-state index in [4.69, 9.17) is 14.9 Å². The van der Waals surface area contributed by atoms with E-state index < -0.39 is 6.04 Å². The molecule has 0 radical (unpaired) electrons. The molecule has 0 aliphatic rings. The number of likely N-dealkylation sites (N-methyl/N-ethyl adjacent to an activating group) is 1. The van der Waals surface area contributed by atoms with Crippen LogP contribution in [0.4, 0.5) is 0 Å². The molecule has 5 heteroatoms. The molecule has 1 heterocycles. The summed E-state index contributed by atoms with van der Waals surface area (Å²) in [6, 6.07) is 1.32. The van der Waals surface area contributed by atoms with Crippen molar-refractivity contribution in [1.29, 1.82) is 0 Å². The molecule has 1 atom stereocenters. The zero-order valence-corrected chi connectivity index (χ0v) is 9.68. The highest BCUT2D eigenvalue weighted by Crippen LogP contribution is 2.05. The van der Waals surface area contributed by atoms with E-state index in [1.165, 1.54) is 0 Å². The van der Waals surface area contributed by atoms with Gasteiger partial charge in [0.15, 0.2) is 0 Å². The van der Waals surface area contributed by atoms with Crippen LogP contribution in [0.25, 0.3) is 0 Å². The Kier molecular flexibility index (Phi) is 5.01. The highest BCUT2D eigenvalue weighted by Gasteiger charge is 2.17. The molecule has 0 saturated heterocycles. The van der Waals surface area contributed by atoms with Gasteiger partial charge in [-0.05, 0) is 12.5 Å².